The van der Waals surface area contributed by atoms with E-state index < -0.39 is 17.5 Å². The van der Waals surface area contributed by atoms with Crippen molar-refractivity contribution in [3.63, 3.8) is 0 Å². The number of carbonyl (C=O) groups excluding carboxylic acids is 1. The number of anilines is 1. The highest BCUT2D eigenvalue weighted by molar-refractivity contribution is 7.99. The number of benzene rings is 2. The lowest BCUT2D eigenvalue weighted by Gasteiger charge is -2.08. The summed E-state index contributed by atoms with van der Waals surface area (Å²) in [5.41, 5.74) is 1.89. The van der Waals surface area contributed by atoms with Gasteiger partial charge in [-0.15, -0.1) is 5.10 Å². The molecule has 0 saturated carbocycles. The highest BCUT2D eigenvalue weighted by Crippen LogP contribution is 2.21. The third-order valence-corrected chi connectivity index (χ3v) is 4.70. The van der Waals surface area contributed by atoms with Crippen LogP contribution in [-0.4, -0.2) is 31.9 Å². The first-order valence-corrected chi connectivity index (χ1v) is 9.19. The van der Waals surface area contributed by atoms with Crippen LogP contribution < -0.4 is 5.32 Å². The maximum Gasteiger partial charge on any atom is 0.234 e. The Hall–Kier alpha value is -2.81. The molecule has 0 spiro atoms. The lowest BCUT2D eigenvalue weighted by molar-refractivity contribution is -0.113. The van der Waals surface area contributed by atoms with Gasteiger partial charge in [-0.3, -0.25) is 4.79 Å². The molecule has 0 atom stereocenters. The van der Waals surface area contributed by atoms with Crippen molar-refractivity contribution in [1.29, 1.82) is 0 Å². The van der Waals surface area contributed by atoms with E-state index in [2.05, 4.69) is 34.7 Å². The molecule has 1 N–H and O–H groups in total. The summed E-state index contributed by atoms with van der Waals surface area (Å²) < 4.78 is 28.0. The molecule has 2 aromatic carbocycles. The molecule has 1 amide bonds. The van der Waals surface area contributed by atoms with Crippen molar-refractivity contribution in [2.24, 2.45) is 0 Å². The highest BCUT2D eigenvalue weighted by Gasteiger charge is 2.13. The normalized spacial score (nSPS) is 11.0. The summed E-state index contributed by atoms with van der Waals surface area (Å²) in [4.78, 5) is 12.0. The van der Waals surface area contributed by atoms with Gasteiger partial charge in [0.05, 0.1) is 17.1 Å². The Morgan fingerprint density at radius 3 is 2.59 bits per heavy atom. The topological polar surface area (TPSA) is 72.7 Å². The summed E-state index contributed by atoms with van der Waals surface area (Å²) in [7, 11) is 0. The molecular formula is C18H17F2N5OS. The van der Waals surface area contributed by atoms with Crippen LogP contribution in [0.4, 0.5) is 14.5 Å². The van der Waals surface area contributed by atoms with Crippen molar-refractivity contribution in [3.05, 3.63) is 59.7 Å². The fourth-order valence-corrected chi connectivity index (χ4v) is 3.03. The minimum absolute atomic E-state index is 0.0265. The summed E-state index contributed by atoms with van der Waals surface area (Å²) in [5.74, 6) is -1.60. The zero-order valence-electron chi connectivity index (χ0n) is 14.7. The summed E-state index contributed by atoms with van der Waals surface area (Å²) in [6.45, 7) is 4.21. The highest BCUT2D eigenvalue weighted by atomic mass is 32.2. The first kappa shape index (κ1) is 19.0. The van der Waals surface area contributed by atoms with Gasteiger partial charge in [0.25, 0.3) is 0 Å². The van der Waals surface area contributed by atoms with Crippen molar-refractivity contribution < 1.29 is 13.6 Å². The van der Waals surface area contributed by atoms with Gasteiger partial charge >= 0.3 is 0 Å². The van der Waals surface area contributed by atoms with Crippen LogP contribution in [0.3, 0.4) is 0 Å². The molecule has 140 valence electrons. The van der Waals surface area contributed by atoms with Crippen molar-refractivity contribution >= 4 is 23.4 Å². The monoisotopic (exact) mass is 389 g/mol. The van der Waals surface area contributed by atoms with Gasteiger partial charge in [-0.25, -0.2) is 8.78 Å². The molecule has 27 heavy (non-hydrogen) atoms. The van der Waals surface area contributed by atoms with Crippen LogP contribution in [0.25, 0.3) is 5.69 Å². The average molecular weight is 389 g/mol. The summed E-state index contributed by atoms with van der Waals surface area (Å²) in [5, 5.41) is 14.4. The number of nitrogens with zero attached hydrogens (tertiary/aromatic N) is 4. The molecule has 3 aromatic rings. The number of rotatable bonds is 6. The van der Waals surface area contributed by atoms with Crippen LogP contribution in [0.1, 0.15) is 25.3 Å². The Kier molecular flexibility index (Phi) is 5.80. The number of nitrogens with one attached hydrogen (secondary N) is 1. The molecule has 6 nitrogen and oxygen atoms in total. The molecule has 0 aliphatic carbocycles. The van der Waals surface area contributed by atoms with Gasteiger partial charge in [0.2, 0.25) is 11.1 Å². The van der Waals surface area contributed by atoms with Crippen molar-refractivity contribution in [3.8, 4) is 5.69 Å². The quantitative estimate of drug-likeness (QED) is 0.650. The Labute approximate surface area is 159 Å². The van der Waals surface area contributed by atoms with Crippen molar-refractivity contribution in [2.75, 3.05) is 11.1 Å². The van der Waals surface area contributed by atoms with Gasteiger partial charge in [-0.1, -0.05) is 37.7 Å². The number of amides is 1. The van der Waals surface area contributed by atoms with Crippen molar-refractivity contribution in [1.82, 2.24) is 20.2 Å². The van der Waals surface area contributed by atoms with E-state index in [0.29, 0.717) is 17.1 Å². The number of carbonyl (C=O) groups is 1. The molecule has 0 radical (unpaired) electrons. The molecule has 0 fully saturated rings. The summed E-state index contributed by atoms with van der Waals surface area (Å²) in [6.07, 6.45) is 0. The predicted molar refractivity (Wildman–Crippen MR) is 99.0 cm³/mol. The minimum atomic E-state index is -0.830. The van der Waals surface area contributed by atoms with Crippen LogP contribution >= 0.6 is 11.8 Å². The molecule has 0 aliphatic heterocycles. The minimum Gasteiger partial charge on any atom is -0.323 e. The maximum absolute atomic E-state index is 13.6. The molecular weight excluding hydrogens is 372 g/mol. The van der Waals surface area contributed by atoms with E-state index >= 15 is 0 Å². The summed E-state index contributed by atoms with van der Waals surface area (Å²) in [6, 6.07) is 10.8. The fourth-order valence-electron chi connectivity index (χ4n) is 2.34. The maximum atomic E-state index is 13.6. The number of aromatic nitrogens is 4. The molecule has 1 aromatic heterocycles. The van der Waals surface area contributed by atoms with Gasteiger partial charge in [-0.2, -0.15) is 4.68 Å². The van der Waals surface area contributed by atoms with Gasteiger partial charge in [-0.05, 0) is 46.2 Å². The molecule has 0 aliphatic rings. The average Bonchev–Trinajstić information content (AvgIpc) is 3.11. The Morgan fingerprint density at radius 1 is 1.19 bits per heavy atom. The van der Waals surface area contributed by atoms with Gasteiger partial charge in [0.15, 0.2) is 0 Å². The van der Waals surface area contributed by atoms with Crippen molar-refractivity contribution in [2.45, 2.75) is 24.9 Å². The SMILES string of the molecule is CC(C)c1ccc(-n2nnnc2SCC(=O)Nc2ccc(F)cc2F)cc1. The van der Waals surface area contributed by atoms with Gasteiger partial charge < -0.3 is 5.32 Å². The lowest BCUT2D eigenvalue weighted by Crippen LogP contribution is -2.15. The largest absolute Gasteiger partial charge is 0.323 e. The number of thioether (sulfide) groups is 1. The van der Waals surface area contributed by atoms with E-state index in [1.165, 1.54) is 16.3 Å². The van der Waals surface area contributed by atoms with E-state index in [1.54, 1.807) is 0 Å². The summed E-state index contributed by atoms with van der Waals surface area (Å²) >= 11 is 1.11. The van der Waals surface area contributed by atoms with Gasteiger partial charge in [0, 0.05) is 6.07 Å². The third kappa shape index (κ3) is 4.68. The van der Waals surface area contributed by atoms with Gasteiger partial charge in [0.1, 0.15) is 11.6 Å². The fraction of sp³-hybridized carbons (Fsp3) is 0.222. The third-order valence-electron chi connectivity index (χ3n) is 3.78. The molecule has 9 heteroatoms. The van der Waals surface area contributed by atoms with Crippen LogP contribution in [0.5, 0.6) is 0 Å². The van der Waals surface area contributed by atoms with Crippen LogP contribution in [-0.2, 0) is 4.79 Å². The molecule has 0 unspecified atom stereocenters. The standard InChI is InChI=1S/C18H17F2N5OS/c1-11(2)12-3-6-14(7-4-12)25-18(22-23-24-25)27-10-17(26)21-16-8-5-13(19)9-15(16)20/h3-9,11H,10H2,1-2H3,(H,21,26). The van der Waals surface area contributed by atoms with Crippen LogP contribution in [0.15, 0.2) is 47.6 Å². The smallest absolute Gasteiger partial charge is 0.234 e. The number of tetrazole rings is 1. The van der Waals surface area contributed by atoms with E-state index in [1.807, 2.05) is 24.3 Å². The first-order valence-electron chi connectivity index (χ1n) is 8.20. The lowest BCUT2D eigenvalue weighted by atomic mass is 10.0. The predicted octanol–water partition coefficient (Wildman–Crippen LogP) is 3.79. The molecule has 1 heterocycles. The number of hydrogen-bond acceptors (Lipinski definition) is 5. The second-order valence-corrected chi connectivity index (χ2v) is 7.02. The zero-order valence-corrected chi connectivity index (χ0v) is 15.5. The Morgan fingerprint density at radius 2 is 1.93 bits per heavy atom. The number of hydrogen-bond donors (Lipinski definition) is 1. The number of halogens is 2. The van der Waals surface area contributed by atoms with E-state index in [0.717, 1.165) is 23.5 Å². The second kappa shape index (κ2) is 8.26. The zero-order chi connectivity index (χ0) is 19.4. The van der Waals surface area contributed by atoms with E-state index in [9.17, 15) is 13.6 Å². The Balaban J connectivity index is 1.65. The molecule has 0 bridgehead atoms. The second-order valence-electron chi connectivity index (χ2n) is 6.08. The first-order chi connectivity index (χ1) is 12.9. The molecule has 3 rings (SSSR count). The van der Waals surface area contributed by atoms with E-state index in [4.69, 9.17) is 0 Å². The van der Waals surface area contributed by atoms with Crippen LogP contribution in [0, 0.1) is 11.6 Å². The molecule has 0 saturated heterocycles. The Bertz CT molecular complexity index is 943. The van der Waals surface area contributed by atoms with Crippen LogP contribution in [0.2, 0.25) is 0 Å². The van der Waals surface area contributed by atoms with E-state index in [-0.39, 0.29) is 11.4 Å².